The minimum absolute atomic E-state index is 0.290. The first-order valence-electron chi connectivity index (χ1n) is 11.8. The zero-order valence-corrected chi connectivity index (χ0v) is 20.0. The van der Waals surface area contributed by atoms with Crippen LogP contribution in [0.2, 0.25) is 0 Å². The smallest absolute Gasteiger partial charge is 0.305 e. The first kappa shape index (κ1) is 29.5. The molecule has 0 fully saturated rings. The molecule has 8 heteroatoms. The van der Waals surface area contributed by atoms with E-state index in [4.69, 9.17) is 4.74 Å². The van der Waals surface area contributed by atoms with E-state index < -0.39 is 20.5 Å². The Labute approximate surface area is 183 Å². The molecule has 0 amide bonds. The maximum absolute atomic E-state index is 11.6. The minimum Gasteiger partial charge on any atom is -0.756 e. The van der Waals surface area contributed by atoms with Gasteiger partial charge in [-0.15, -0.1) is 0 Å². The van der Waals surface area contributed by atoms with Gasteiger partial charge >= 0.3 is 5.97 Å². The van der Waals surface area contributed by atoms with Crippen molar-refractivity contribution in [3.63, 3.8) is 0 Å². The van der Waals surface area contributed by atoms with Crippen molar-refractivity contribution in [1.29, 1.82) is 0 Å². The van der Waals surface area contributed by atoms with Gasteiger partial charge < -0.3 is 23.8 Å². The van der Waals surface area contributed by atoms with Crippen LogP contribution in [-0.4, -0.2) is 37.5 Å². The summed E-state index contributed by atoms with van der Waals surface area (Å²) in [5.74, 6) is -0.388. The van der Waals surface area contributed by atoms with Crippen LogP contribution in [0.3, 0.4) is 0 Å². The van der Waals surface area contributed by atoms with E-state index in [1.165, 1.54) is 77.0 Å². The van der Waals surface area contributed by atoms with Crippen molar-refractivity contribution in [2.24, 2.45) is 0 Å². The van der Waals surface area contributed by atoms with E-state index in [1.807, 2.05) is 0 Å². The van der Waals surface area contributed by atoms with Crippen LogP contribution < -0.4 is 4.89 Å². The third kappa shape index (κ3) is 20.8. The molecule has 0 saturated carbocycles. The van der Waals surface area contributed by atoms with E-state index in [1.54, 1.807) is 0 Å². The van der Waals surface area contributed by atoms with Gasteiger partial charge in [0, 0.05) is 13.5 Å². The standard InChI is InChI=1S/C22H45O7P/c1-3-4-5-6-7-8-9-10-11-12-13-14-15-16-17-18-22(24)28-19-21(23)20-29-30(25,26)27-2/h21,23H,3-20H2,1-2H3,(H,25,26)/p-1/t21-/m1/s1. The predicted molar refractivity (Wildman–Crippen MR) is 117 cm³/mol. The summed E-state index contributed by atoms with van der Waals surface area (Å²) < 4.78 is 24.4. The van der Waals surface area contributed by atoms with Crippen molar-refractivity contribution >= 4 is 13.8 Å². The van der Waals surface area contributed by atoms with Crippen molar-refractivity contribution in [3.8, 4) is 0 Å². The number of aliphatic hydroxyl groups is 1. The summed E-state index contributed by atoms with van der Waals surface area (Å²) >= 11 is 0. The van der Waals surface area contributed by atoms with Crippen molar-refractivity contribution < 1.29 is 33.1 Å². The number of carbonyl (C=O) groups excluding carboxylic acids is 1. The van der Waals surface area contributed by atoms with Crippen molar-refractivity contribution in [3.05, 3.63) is 0 Å². The molecule has 0 aromatic carbocycles. The van der Waals surface area contributed by atoms with Crippen LogP contribution >= 0.6 is 7.82 Å². The van der Waals surface area contributed by atoms with Crippen molar-refractivity contribution in [1.82, 2.24) is 0 Å². The lowest BCUT2D eigenvalue weighted by Gasteiger charge is -2.21. The largest absolute Gasteiger partial charge is 0.756 e. The van der Waals surface area contributed by atoms with Gasteiger partial charge in [0.1, 0.15) is 12.7 Å². The molecule has 30 heavy (non-hydrogen) atoms. The number of aliphatic hydroxyl groups excluding tert-OH is 1. The van der Waals surface area contributed by atoms with Gasteiger partial charge in [0.05, 0.1) is 6.61 Å². The molecule has 0 heterocycles. The van der Waals surface area contributed by atoms with Gasteiger partial charge in [-0.2, -0.15) is 0 Å². The monoisotopic (exact) mass is 451 g/mol. The fourth-order valence-corrected chi connectivity index (χ4v) is 3.64. The highest BCUT2D eigenvalue weighted by molar-refractivity contribution is 7.45. The predicted octanol–water partition coefficient (Wildman–Crippen LogP) is 5.28. The van der Waals surface area contributed by atoms with Gasteiger partial charge in [-0.05, 0) is 6.42 Å². The molecule has 0 spiro atoms. The summed E-state index contributed by atoms with van der Waals surface area (Å²) in [4.78, 5) is 22.6. The van der Waals surface area contributed by atoms with E-state index in [0.717, 1.165) is 26.4 Å². The number of phosphoric acid groups is 1. The van der Waals surface area contributed by atoms with Crippen LogP contribution in [0.25, 0.3) is 0 Å². The molecular formula is C22H44O7P-. The Balaban J connectivity index is 3.34. The van der Waals surface area contributed by atoms with Gasteiger partial charge in [0.2, 0.25) is 0 Å². The molecule has 2 atom stereocenters. The minimum atomic E-state index is -4.37. The van der Waals surface area contributed by atoms with Crippen molar-refractivity contribution in [2.45, 2.75) is 116 Å². The molecule has 1 N–H and O–H groups in total. The van der Waals surface area contributed by atoms with Crippen LogP contribution in [0.15, 0.2) is 0 Å². The Morgan fingerprint density at radius 1 is 0.833 bits per heavy atom. The van der Waals surface area contributed by atoms with Gasteiger partial charge in [-0.3, -0.25) is 9.36 Å². The zero-order valence-electron chi connectivity index (χ0n) is 19.1. The number of rotatable bonds is 22. The number of esters is 1. The molecular weight excluding hydrogens is 407 g/mol. The maximum Gasteiger partial charge on any atom is 0.305 e. The third-order valence-corrected chi connectivity index (χ3v) is 5.98. The highest BCUT2D eigenvalue weighted by Crippen LogP contribution is 2.36. The van der Waals surface area contributed by atoms with E-state index >= 15 is 0 Å². The molecule has 0 saturated heterocycles. The summed E-state index contributed by atoms with van der Waals surface area (Å²) in [5, 5.41) is 9.54. The average molecular weight is 452 g/mol. The second kappa shape index (κ2) is 20.4. The van der Waals surface area contributed by atoms with Gasteiger partial charge in [-0.25, -0.2) is 0 Å². The molecule has 0 aliphatic carbocycles. The normalized spacial score (nSPS) is 14.4. The molecule has 7 nitrogen and oxygen atoms in total. The lowest BCUT2D eigenvalue weighted by Crippen LogP contribution is -2.24. The Morgan fingerprint density at radius 2 is 1.27 bits per heavy atom. The number of hydrogen-bond donors (Lipinski definition) is 1. The highest BCUT2D eigenvalue weighted by atomic mass is 31.2. The van der Waals surface area contributed by atoms with Gasteiger partial charge in [0.25, 0.3) is 7.82 Å². The molecule has 0 radical (unpaired) electrons. The second-order valence-electron chi connectivity index (χ2n) is 7.96. The molecule has 0 aromatic heterocycles. The number of carbonyl (C=O) groups is 1. The SMILES string of the molecule is CCCCCCCCCCCCCCCCCC(=O)OC[C@@H](O)COP(=O)([O-])OC. The Bertz CT molecular complexity index is 445. The molecule has 0 aliphatic rings. The topological polar surface area (TPSA) is 105 Å². The Morgan fingerprint density at radius 3 is 1.70 bits per heavy atom. The lowest BCUT2D eigenvalue weighted by molar-refractivity contribution is -0.225. The van der Waals surface area contributed by atoms with E-state index in [2.05, 4.69) is 16.0 Å². The average Bonchev–Trinajstić information content (AvgIpc) is 2.73. The number of phosphoric ester groups is 1. The maximum atomic E-state index is 11.6. The number of unbranched alkanes of at least 4 members (excludes halogenated alkanes) is 14. The second-order valence-corrected chi connectivity index (χ2v) is 9.48. The molecule has 180 valence electrons. The van der Waals surface area contributed by atoms with Crippen LogP contribution in [0, 0.1) is 0 Å². The van der Waals surface area contributed by atoms with E-state index in [0.29, 0.717) is 6.42 Å². The molecule has 1 unspecified atom stereocenters. The first-order valence-corrected chi connectivity index (χ1v) is 13.2. The summed E-state index contributed by atoms with van der Waals surface area (Å²) in [6.45, 7) is 1.46. The third-order valence-electron chi connectivity index (χ3n) is 5.07. The van der Waals surface area contributed by atoms with Crippen LogP contribution in [0.5, 0.6) is 0 Å². The Kier molecular flexibility index (Phi) is 20.1. The Hall–Kier alpha value is -0.460. The quantitative estimate of drug-likeness (QED) is 0.136. The van der Waals surface area contributed by atoms with Crippen molar-refractivity contribution in [2.75, 3.05) is 20.3 Å². The molecule has 0 rings (SSSR count). The molecule has 0 aliphatic heterocycles. The van der Waals surface area contributed by atoms with Gasteiger partial charge in [0.15, 0.2) is 0 Å². The fourth-order valence-electron chi connectivity index (χ4n) is 3.18. The summed E-state index contributed by atoms with van der Waals surface area (Å²) in [7, 11) is -3.40. The fraction of sp³-hybridized carbons (Fsp3) is 0.955. The van der Waals surface area contributed by atoms with E-state index in [9.17, 15) is 19.4 Å². The van der Waals surface area contributed by atoms with Crippen LogP contribution in [0.4, 0.5) is 0 Å². The highest BCUT2D eigenvalue weighted by Gasteiger charge is 2.13. The summed E-state index contributed by atoms with van der Waals surface area (Å²) in [6.07, 6.45) is 18.1. The lowest BCUT2D eigenvalue weighted by atomic mass is 10.0. The summed E-state index contributed by atoms with van der Waals surface area (Å²) in [5.41, 5.74) is 0. The number of ether oxygens (including phenoxy) is 1. The van der Waals surface area contributed by atoms with E-state index in [-0.39, 0.29) is 12.6 Å². The van der Waals surface area contributed by atoms with Crippen LogP contribution in [-0.2, 0) is 23.1 Å². The molecule has 0 aromatic rings. The number of hydrogen-bond acceptors (Lipinski definition) is 7. The molecule has 0 bridgehead atoms. The van der Waals surface area contributed by atoms with Crippen LogP contribution in [0.1, 0.15) is 110 Å². The summed E-state index contributed by atoms with van der Waals surface area (Å²) in [6, 6.07) is 0. The first-order chi connectivity index (χ1) is 14.4. The zero-order chi connectivity index (χ0) is 22.5. The van der Waals surface area contributed by atoms with Gasteiger partial charge in [-0.1, -0.05) is 96.8 Å².